The Hall–Kier alpha value is -0.463. The van der Waals surface area contributed by atoms with E-state index in [1.807, 2.05) is 0 Å². The van der Waals surface area contributed by atoms with Crippen LogP contribution < -0.4 is 0 Å². The molecule has 4 nitrogen and oxygen atoms in total. The van der Waals surface area contributed by atoms with Crippen molar-refractivity contribution in [3.63, 3.8) is 0 Å². The molecule has 0 aliphatic heterocycles. The van der Waals surface area contributed by atoms with E-state index in [0.29, 0.717) is 0 Å². The molecule has 0 aromatic carbocycles. The van der Waals surface area contributed by atoms with E-state index in [4.69, 9.17) is 19.8 Å². The van der Waals surface area contributed by atoms with Crippen molar-refractivity contribution in [3.8, 4) is 0 Å². The molecule has 0 aliphatic rings. The Bertz CT molecular complexity index is 30.7. The molecule has 2 N–H and O–H groups in total. The fourth-order valence-corrected chi connectivity index (χ4v) is 0. The Kier molecular flexibility index (Phi) is 110. The van der Waals surface area contributed by atoms with Crippen molar-refractivity contribution >= 4 is 31.8 Å². The van der Waals surface area contributed by atoms with Gasteiger partial charge in [0.15, 0.2) is 0 Å². The van der Waals surface area contributed by atoms with Gasteiger partial charge in [0, 0.05) is 18.9 Å². The molecule has 0 aromatic heterocycles. The van der Waals surface area contributed by atoms with E-state index in [2.05, 4.69) is 0 Å². The Morgan fingerprint density at radius 3 is 1.00 bits per heavy atom. The zero-order valence-corrected chi connectivity index (χ0v) is 3.87. The minimum Gasteiger partial charge on any atom is -0.483 e. The normalized spacial score (nSPS) is 3.43. The molecule has 0 spiro atoms. The Labute approximate surface area is 52.3 Å². The smallest absolute Gasteiger partial charge is 0.290 e. The summed E-state index contributed by atoms with van der Waals surface area (Å²) in [4.78, 5) is 16.7. The molecule has 0 unspecified atom stereocenters. The van der Waals surface area contributed by atoms with Gasteiger partial charge in [0.1, 0.15) is 0 Å². The van der Waals surface area contributed by atoms with Gasteiger partial charge in [-0.25, -0.2) is 0 Å². The first-order valence-corrected chi connectivity index (χ1v) is 0.988. The van der Waals surface area contributed by atoms with Crippen LogP contribution in [0.25, 0.3) is 0 Å². The van der Waals surface area contributed by atoms with Gasteiger partial charge in [-0.15, -0.1) is 0 Å². The molecule has 0 bridgehead atoms. The maximum absolute atomic E-state index is 8.36. The predicted molar refractivity (Wildman–Crippen MR) is 23.1 cm³/mol. The third-order valence-corrected chi connectivity index (χ3v) is 0. The third kappa shape index (κ3) is 324. The molecule has 7 heavy (non-hydrogen) atoms. The number of carboxylic acid groups (broad SMARTS) is 2. The summed E-state index contributed by atoms with van der Waals surface area (Å²) < 4.78 is 0. The van der Waals surface area contributed by atoms with Crippen molar-refractivity contribution in [1.29, 1.82) is 0 Å². The van der Waals surface area contributed by atoms with Crippen molar-refractivity contribution < 1.29 is 19.8 Å². The van der Waals surface area contributed by atoms with E-state index in [-0.39, 0.29) is 31.8 Å². The SMILES string of the molecule is O=CO.O=CO.[Li]. The van der Waals surface area contributed by atoms with Crippen molar-refractivity contribution in [1.82, 2.24) is 0 Å². The summed E-state index contributed by atoms with van der Waals surface area (Å²) in [5, 5.41) is 13.8. The second kappa shape index (κ2) is 48.2. The summed E-state index contributed by atoms with van der Waals surface area (Å²) >= 11 is 0. The zero-order chi connectivity index (χ0) is 5.41. The van der Waals surface area contributed by atoms with Crippen LogP contribution in [0.15, 0.2) is 0 Å². The van der Waals surface area contributed by atoms with Gasteiger partial charge in [0.2, 0.25) is 0 Å². The van der Waals surface area contributed by atoms with Crippen molar-refractivity contribution in [2.75, 3.05) is 0 Å². The van der Waals surface area contributed by atoms with E-state index < -0.39 is 0 Å². The molecule has 0 aromatic rings. The van der Waals surface area contributed by atoms with Gasteiger partial charge in [-0.3, -0.25) is 9.59 Å². The first-order valence-electron chi connectivity index (χ1n) is 0.988. The summed E-state index contributed by atoms with van der Waals surface area (Å²) in [6, 6.07) is 0. The molecule has 0 atom stereocenters. The standard InChI is InChI=1S/2CH2O2.Li/c2*2-1-3;/h2*1H,(H,2,3);. The summed E-state index contributed by atoms with van der Waals surface area (Å²) in [6.07, 6.45) is 0. The van der Waals surface area contributed by atoms with Crippen molar-refractivity contribution in [2.45, 2.75) is 0 Å². The first kappa shape index (κ1) is 16.0. The van der Waals surface area contributed by atoms with Gasteiger partial charge in [-0.1, -0.05) is 0 Å². The minimum atomic E-state index is -0.250. The molecule has 1 radical (unpaired) electrons. The molecule has 5 heteroatoms. The fourth-order valence-electron chi connectivity index (χ4n) is 0. The maximum atomic E-state index is 8.36. The second-order valence-electron chi connectivity index (χ2n) is 0.211. The number of carbonyl (C=O) groups is 2. The number of hydrogen-bond donors (Lipinski definition) is 2. The van der Waals surface area contributed by atoms with Crippen LogP contribution in [0.3, 0.4) is 0 Å². The van der Waals surface area contributed by atoms with Crippen molar-refractivity contribution in [3.05, 3.63) is 0 Å². The monoisotopic (exact) mass is 99.0 g/mol. The molecule has 37 valence electrons. The van der Waals surface area contributed by atoms with Gasteiger partial charge in [0.25, 0.3) is 12.9 Å². The quantitative estimate of drug-likeness (QED) is 0.302. The topological polar surface area (TPSA) is 74.6 Å². The van der Waals surface area contributed by atoms with Gasteiger partial charge in [-0.2, -0.15) is 0 Å². The molecule has 0 amide bonds. The average molecular weight is 99.0 g/mol. The van der Waals surface area contributed by atoms with Gasteiger partial charge in [0.05, 0.1) is 0 Å². The fraction of sp³-hybridized carbons (Fsp3) is 0. The van der Waals surface area contributed by atoms with Gasteiger partial charge >= 0.3 is 0 Å². The second-order valence-corrected chi connectivity index (χ2v) is 0.211. The molecular weight excluding hydrogens is 95.0 g/mol. The summed E-state index contributed by atoms with van der Waals surface area (Å²) in [6.45, 7) is -0.500. The molecular formula is C2H4LiO4. The van der Waals surface area contributed by atoms with Crippen molar-refractivity contribution in [2.24, 2.45) is 0 Å². The summed E-state index contributed by atoms with van der Waals surface area (Å²) in [5.74, 6) is 0. The first-order chi connectivity index (χ1) is 2.83. The van der Waals surface area contributed by atoms with E-state index in [9.17, 15) is 0 Å². The van der Waals surface area contributed by atoms with Gasteiger partial charge < -0.3 is 10.2 Å². The molecule has 0 saturated carbocycles. The van der Waals surface area contributed by atoms with Crippen LogP contribution in [0.2, 0.25) is 0 Å². The van der Waals surface area contributed by atoms with E-state index in [1.165, 1.54) is 0 Å². The summed E-state index contributed by atoms with van der Waals surface area (Å²) in [5.41, 5.74) is 0. The van der Waals surface area contributed by atoms with Crippen LogP contribution in [-0.2, 0) is 9.59 Å². The Balaban J connectivity index is -0.0000000400. The minimum absolute atomic E-state index is 0. The molecule has 0 saturated heterocycles. The molecule has 0 fully saturated rings. The number of rotatable bonds is 0. The van der Waals surface area contributed by atoms with E-state index >= 15 is 0 Å². The third-order valence-electron chi connectivity index (χ3n) is 0. The van der Waals surface area contributed by atoms with Crippen LogP contribution in [0.1, 0.15) is 0 Å². The molecule has 0 aliphatic carbocycles. The van der Waals surface area contributed by atoms with E-state index in [1.54, 1.807) is 0 Å². The van der Waals surface area contributed by atoms with Crippen LogP contribution in [-0.4, -0.2) is 42.0 Å². The van der Waals surface area contributed by atoms with E-state index in [0.717, 1.165) is 0 Å². The van der Waals surface area contributed by atoms with Gasteiger partial charge in [-0.05, 0) is 0 Å². The number of hydrogen-bond acceptors (Lipinski definition) is 2. The molecule has 0 heterocycles. The Morgan fingerprint density at radius 2 is 1.00 bits per heavy atom. The van der Waals surface area contributed by atoms with Crippen LogP contribution in [0, 0.1) is 0 Å². The Morgan fingerprint density at radius 1 is 1.00 bits per heavy atom. The van der Waals surface area contributed by atoms with Crippen LogP contribution in [0.5, 0.6) is 0 Å². The largest absolute Gasteiger partial charge is 0.483 e. The molecule has 0 rings (SSSR count). The zero-order valence-electron chi connectivity index (χ0n) is 3.87. The maximum Gasteiger partial charge on any atom is 0.290 e. The average Bonchev–Trinajstić information content (AvgIpc) is 1.39. The van der Waals surface area contributed by atoms with Crippen LogP contribution in [0.4, 0.5) is 0 Å². The summed E-state index contributed by atoms with van der Waals surface area (Å²) in [7, 11) is 0. The van der Waals surface area contributed by atoms with Crippen LogP contribution >= 0.6 is 0 Å². The predicted octanol–water partition coefficient (Wildman–Crippen LogP) is -0.979.